The number of fused-ring (bicyclic) bond motifs is 1. The molecule has 1 aliphatic heterocycles. The number of rotatable bonds is 3. The zero-order valence-electron chi connectivity index (χ0n) is 13.8. The van der Waals surface area contributed by atoms with Crippen molar-refractivity contribution in [3.63, 3.8) is 0 Å². The third-order valence-electron chi connectivity index (χ3n) is 4.43. The molecule has 1 aliphatic rings. The number of aromatic amines is 1. The van der Waals surface area contributed by atoms with E-state index in [0.717, 1.165) is 22.5 Å². The smallest absolute Gasteiger partial charge is 0.229 e. The van der Waals surface area contributed by atoms with Crippen LogP contribution in [0.1, 0.15) is 12.2 Å². The van der Waals surface area contributed by atoms with Gasteiger partial charge in [0, 0.05) is 24.3 Å². The average Bonchev–Trinajstić information content (AvgIpc) is 3.17. The Kier molecular flexibility index (Phi) is 3.72. The maximum absolute atomic E-state index is 12.6. The molecule has 4 rings (SSSR count). The topological polar surface area (TPSA) is 78.1 Å². The summed E-state index contributed by atoms with van der Waals surface area (Å²) in [5.41, 5.74) is 3.27. The number of carbonyl (C=O) groups is 2. The van der Waals surface area contributed by atoms with Crippen molar-refractivity contribution in [1.29, 1.82) is 0 Å². The summed E-state index contributed by atoms with van der Waals surface area (Å²) in [4.78, 5) is 34.0. The molecule has 6 nitrogen and oxygen atoms in total. The number of nitrogens with one attached hydrogen (secondary N) is 2. The molecule has 0 aliphatic carbocycles. The summed E-state index contributed by atoms with van der Waals surface area (Å²) < 4.78 is 0. The largest absolute Gasteiger partial charge is 0.342 e. The monoisotopic (exact) mass is 334 g/mol. The summed E-state index contributed by atoms with van der Waals surface area (Å²) in [5.74, 6) is 0.318. The van der Waals surface area contributed by atoms with Crippen molar-refractivity contribution in [3.8, 4) is 0 Å². The molecule has 2 N–H and O–H groups in total. The number of hydrogen-bond donors (Lipinski definition) is 2. The van der Waals surface area contributed by atoms with E-state index >= 15 is 0 Å². The first-order valence-corrected chi connectivity index (χ1v) is 8.23. The minimum absolute atomic E-state index is 0.0222. The zero-order valence-corrected chi connectivity index (χ0v) is 13.8. The standard InChI is InChI=1S/C19H18N4O2/c1-12-20-16-8-7-14(10-17(16)21-12)22-19(25)13-9-18(24)23(11-13)15-5-3-2-4-6-15/h2-8,10,13H,9,11H2,1H3,(H,20,21)(H,22,25)/t13-/m0/s1. The summed E-state index contributed by atoms with van der Waals surface area (Å²) >= 11 is 0. The van der Waals surface area contributed by atoms with E-state index in [1.807, 2.05) is 55.5 Å². The molecule has 0 spiro atoms. The van der Waals surface area contributed by atoms with Crippen molar-refractivity contribution in [2.24, 2.45) is 5.92 Å². The molecule has 3 aromatic rings. The van der Waals surface area contributed by atoms with Gasteiger partial charge in [0.25, 0.3) is 0 Å². The number of aryl methyl sites for hydroxylation is 1. The summed E-state index contributed by atoms with van der Waals surface area (Å²) in [7, 11) is 0. The van der Waals surface area contributed by atoms with Crippen molar-refractivity contribution in [2.75, 3.05) is 16.8 Å². The Morgan fingerprint density at radius 1 is 1.24 bits per heavy atom. The van der Waals surface area contributed by atoms with Crippen LogP contribution < -0.4 is 10.2 Å². The van der Waals surface area contributed by atoms with Gasteiger partial charge in [0.05, 0.1) is 17.0 Å². The van der Waals surface area contributed by atoms with Gasteiger partial charge < -0.3 is 15.2 Å². The summed E-state index contributed by atoms with van der Waals surface area (Å²) in [6.45, 7) is 2.29. The van der Waals surface area contributed by atoms with E-state index in [2.05, 4.69) is 15.3 Å². The first-order valence-electron chi connectivity index (χ1n) is 8.23. The summed E-state index contributed by atoms with van der Waals surface area (Å²) in [6, 6.07) is 15.0. The van der Waals surface area contributed by atoms with Gasteiger partial charge in [0.2, 0.25) is 11.8 Å². The molecule has 1 fully saturated rings. The van der Waals surface area contributed by atoms with E-state index in [9.17, 15) is 9.59 Å². The Labute approximate surface area is 144 Å². The lowest BCUT2D eigenvalue weighted by atomic mass is 10.1. The highest BCUT2D eigenvalue weighted by Gasteiger charge is 2.35. The lowest BCUT2D eigenvalue weighted by Crippen LogP contribution is -2.28. The number of hydrogen-bond acceptors (Lipinski definition) is 3. The molecule has 0 bridgehead atoms. The number of aromatic nitrogens is 2. The fraction of sp³-hybridized carbons (Fsp3) is 0.211. The van der Waals surface area contributed by atoms with Gasteiger partial charge in [0.15, 0.2) is 0 Å². The molecule has 25 heavy (non-hydrogen) atoms. The maximum Gasteiger partial charge on any atom is 0.229 e. The number of para-hydroxylation sites is 1. The number of benzene rings is 2. The molecule has 1 aromatic heterocycles. The first kappa shape index (κ1) is 15.4. The maximum atomic E-state index is 12.6. The predicted molar refractivity (Wildman–Crippen MR) is 96.4 cm³/mol. The molecule has 0 unspecified atom stereocenters. The van der Waals surface area contributed by atoms with Crippen LogP contribution in [-0.2, 0) is 9.59 Å². The highest BCUT2D eigenvalue weighted by Crippen LogP contribution is 2.26. The van der Waals surface area contributed by atoms with Gasteiger partial charge in [-0.15, -0.1) is 0 Å². The van der Waals surface area contributed by atoms with Crippen LogP contribution in [0.25, 0.3) is 11.0 Å². The van der Waals surface area contributed by atoms with Gasteiger partial charge >= 0.3 is 0 Å². The van der Waals surface area contributed by atoms with E-state index in [1.165, 1.54) is 0 Å². The van der Waals surface area contributed by atoms with Crippen LogP contribution in [0.2, 0.25) is 0 Å². The van der Waals surface area contributed by atoms with Crippen LogP contribution >= 0.6 is 0 Å². The molecular formula is C19H18N4O2. The Balaban J connectivity index is 1.48. The number of amides is 2. The van der Waals surface area contributed by atoms with Crippen molar-refractivity contribution in [1.82, 2.24) is 9.97 Å². The minimum Gasteiger partial charge on any atom is -0.342 e. The average molecular weight is 334 g/mol. The van der Waals surface area contributed by atoms with Gasteiger partial charge in [-0.25, -0.2) is 4.98 Å². The summed E-state index contributed by atoms with van der Waals surface area (Å²) in [5, 5.41) is 2.91. The van der Waals surface area contributed by atoms with Crippen LogP contribution in [0.5, 0.6) is 0 Å². The molecule has 2 amide bonds. The second kappa shape index (κ2) is 6.05. The van der Waals surface area contributed by atoms with Gasteiger partial charge in [-0.1, -0.05) is 18.2 Å². The fourth-order valence-corrected chi connectivity index (χ4v) is 3.20. The Bertz CT molecular complexity index is 948. The van der Waals surface area contributed by atoms with Crippen molar-refractivity contribution >= 4 is 34.2 Å². The molecule has 2 aromatic carbocycles. The second-order valence-electron chi connectivity index (χ2n) is 6.28. The van der Waals surface area contributed by atoms with Crippen molar-refractivity contribution < 1.29 is 9.59 Å². The van der Waals surface area contributed by atoms with Crippen LogP contribution in [0.15, 0.2) is 48.5 Å². The van der Waals surface area contributed by atoms with Crippen LogP contribution in [0.3, 0.4) is 0 Å². The van der Waals surface area contributed by atoms with Crippen molar-refractivity contribution in [3.05, 3.63) is 54.4 Å². The molecular weight excluding hydrogens is 316 g/mol. The van der Waals surface area contributed by atoms with Gasteiger partial charge in [-0.3, -0.25) is 9.59 Å². The number of anilines is 2. The predicted octanol–water partition coefficient (Wildman–Crippen LogP) is 2.86. The molecule has 0 saturated carbocycles. The van der Waals surface area contributed by atoms with Gasteiger partial charge in [0.1, 0.15) is 5.82 Å². The van der Waals surface area contributed by atoms with E-state index < -0.39 is 0 Å². The van der Waals surface area contributed by atoms with Crippen LogP contribution in [-0.4, -0.2) is 28.3 Å². The minimum atomic E-state index is -0.355. The number of carbonyl (C=O) groups excluding carboxylic acids is 2. The van der Waals surface area contributed by atoms with Gasteiger partial charge in [-0.05, 0) is 37.3 Å². The molecule has 1 saturated heterocycles. The Morgan fingerprint density at radius 2 is 2.04 bits per heavy atom. The Morgan fingerprint density at radius 3 is 2.84 bits per heavy atom. The number of nitrogens with zero attached hydrogens (tertiary/aromatic N) is 2. The third kappa shape index (κ3) is 2.98. The van der Waals surface area contributed by atoms with E-state index in [-0.39, 0.29) is 24.2 Å². The SMILES string of the molecule is Cc1nc2ccc(NC(=O)[C@H]3CC(=O)N(c4ccccc4)C3)cc2[nH]1. The Hall–Kier alpha value is -3.15. The highest BCUT2D eigenvalue weighted by atomic mass is 16.2. The van der Waals surface area contributed by atoms with Crippen LogP contribution in [0.4, 0.5) is 11.4 Å². The summed E-state index contributed by atoms with van der Waals surface area (Å²) in [6.07, 6.45) is 0.228. The lowest BCUT2D eigenvalue weighted by molar-refractivity contribution is -0.122. The quantitative estimate of drug-likeness (QED) is 0.773. The first-order chi connectivity index (χ1) is 12.1. The van der Waals surface area contributed by atoms with E-state index in [1.54, 1.807) is 4.90 Å². The molecule has 1 atom stereocenters. The number of H-pyrrole nitrogens is 1. The second-order valence-corrected chi connectivity index (χ2v) is 6.28. The highest BCUT2D eigenvalue weighted by molar-refractivity contribution is 6.03. The molecule has 0 radical (unpaired) electrons. The van der Waals surface area contributed by atoms with Crippen molar-refractivity contribution in [2.45, 2.75) is 13.3 Å². The van der Waals surface area contributed by atoms with Gasteiger partial charge in [-0.2, -0.15) is 0 Å². The lowest BCUT2D eigenvalue weighted by Gasteiger charge is -2.16. The third-order valence-corrected chi connectivity index (χ3v) is 4.43. The van der Waals surface area contributed by atoms with E-state index in [4.69, 9.17) is 0 Å². The zero-order chi connectivity index (χ0) is 17.4. The number of imidazole rings is 1. The molecule has 2 heterocycles. The normalized spacial score (nSPS) is 17.2. The molecule has 126 valence electrons. The fourth-order valence-electron chi connectivity index (χ4n) is 3.20. The van der Waals surface area contributed by atoms with E-state index in [0.29, 0.717) is 12.2 Å². The molecule has 6 heteroatoms. The van der Waals surface area contributed by atoms with Crippen LogP contribution in [0, 0.1) is 12.8 Å².